The fourth-order valence-electron chi connectivity index (χ4n) is 2.01. The summed E-state index contributed by atoms with van der Waals surface area (Å²) in [6.07, 6.45) is 0.799. The van der Waals surface area contributed by atoms with Crippen LogP contribution in [0.4, 0.5) is 0 Å². The van der Waals surface area contributed by atoms with E-state index >= 15 is 0 Å². The molecule has 0 aliphatic carbocycles. The predicted molar refractivity (Wildman–Crippen MR) is 72.7 cm³/mol. The molecule has 0 unspecified atom stereocenters. The Labute approximate surface area is 107 Å². The van der Waals surface area contributed by atoms with Gasteiger partial charge in [-0.2, -0.15) is 0 Å². The quantitative estimate of drug-likeness (QED) is 0.895. The summed E-state index contributed by atoms with van der Waals surface area (Å²) in [7, 11) is 3.70. The molecular formula is C14H19N3O. The van der Waals surface area contributed by atoms with E-state index in [0.29, 0.717) is 6.54 Å². The van der Waals surface area contributed by atoms with Crippen LogP contribution in [0.3, 0.4) is 0 Å². The number of rotatable bonds is 4. The molecule has 4 heteroatoms. The number of imidazole rings is 1. The van der Waals surface area contributed by atoms with Gasteiger partial charge in [0.1, 0.15) is 11.6 Å². The van der Waals surface area contributed by atoms with E-state index in [2.05, 4.69) is 16.5 Å². The van der Waals surface area contributed by atoms with Crippen molar-refractivity contribution in [1.82, 2.24) is 9.55 Å². The first-order chi connectivity index (χ1) is 8.67. The monoisotopic (exact) mass is 245 g/mol. The minimum atomic E-state index is 0.617. The normalized spacial score (nSPS) is 10.7. The molecule has 96 valence electrons. The van der Waals surface area contributed by atoms with Gasteiger partial charge in [-0.05, 0) is 37.7 Å². The zero-order valence-electron chi connectivity index (χ0n) is 11.1. The standard InChI is InChI=1S/C14H19N3O/c1-10-14(16-13(8-9-15)17(10)2)11-4-6-12(18-3)7-5-11/h4-7H,8-9,15H2,1-3H3. The summed E-state index contributed by atoms with van der Waals surface area (Å²) in [4.78, 5) is 4.67. The summed E-state index contributed by atoms with van der Waals surface area (Å²) in [5, 5.41) is 0. The van der Waals surface area contributed by atoms with Gasteiger partial charge < -0.3 is 15.0 Å². The second kappa shape index (κ2) is 5.23. The second-order valence-corrected chi connectivity index (χ2v) is 4.29. The van der Waals surface area contributed by atoms with Crippen LogP contribution >= 0.6 is 0 Å². The van der Waals surface area contributed by atoms with E-state index in [-0.39, 0.29) is 0 Å². The Morgan fingerprint density at radius 1 is 1.28 bits per heavy atom. The van der Waals surface area contributed by atoms with Crippen molar-refractivity contribution in [1.29, 1.82) is 0 Å². The molecule has 0 aliphatic rings. The van der Waals surface area contributed by atoms with E-state index in [4.69, 9.17) is 10.5 Å². The van der Waals surface area contributed by atoms with Gasteiger partial charge in [0.25, 0.3) is 0 Å². The van der Waals surface area contributed by atoms with Gasteiger partial charge >= 0.3 is 0 Å². The number of benzene rings is 1. The largest absolute Gasteiger partial charge is 0.497 e. The molecule has 1 aromatic carbocycles. The molecule has 0 saturated heterocycles. The van der Waals surface area contributed by atoms with E-state index in [1.165, 1.54) is 0 Å². The van der Waals surface area contributed by atoms with Gasteiger partial charge in [0, 0.05) is 24.7 Å². The van der Waals surface area contributed by atoms with Crippen LogP contribution in [0.1, 0.15) is 11.5 Å². The molecular weight excluding hydrogens is 226 g/mol. The van der Waals surface area contributed by atoms with Gasteiger partial charge in [0.15, 0.2) is 0 Å². The molecule has 0 bridgehead atoms. The third-order valence-corrected chi connectivity index (χ3v) is 3.21. The van der Waals surface area contributed by atoms with Crippen LogP contribution in [-0.2, 0) is 13.5 Å². The van der Waals surface area contributed by atoms with Crippen molar-refractivity contribution in [2.24, 2.45) is 12.8 Å². The molecule has 1 aromatic heterocycles. The van der Waals surface area contributed by atoms with Crippen molar-refractivity contribution >= 4 is 0 Å². The lowest BCUT2D eigenvalue weighted by atomic mass is 10.1. The molecule has 0 aliphatic heterocycles. The predicted octanol–water partition coefficient (Wildman–Crippen LogP) is 1.91. The zero-order valence-corrected chi connectivity index (χ0v) is 11.1. The maximum absolute atomic E-state index is 5.60. The van der Waals surface area contributed by atoms with Crippen LogP contribution in [0.25, 0.3) is 11.3 Å². The first-order valence-corrected chi connectivity index (χ1v) is 6.04. The Hall–Kier alpha value is -1.81. The maximum Gasteiger partial charge on any atom is 0.118 e. The number of hydrogen-bond donors (Lipinski definition) is 1. The third kappa shape index (κ3) is 2.24. The number of ether oxygens (including phenoxy) is 1. The lowest BCUT2D eigenvalue weighted by Crippen LogP contribution is -2.08. The fourth-order valence-corrected chi connectivity index (χ4v) is 2.01. The Balaban J connectivity index is 2.40. The van der Waals surface area contributed by atoms with Crippen LogP contribution < -0.4 is 10.5 Å². The summed E-state index contributed by atoms with van der Waals surface area (Å²) in [6, 6.07) is 7.96. The number of nitrogens with two attached hydrogens (primary N) is 1. The van der Waals surface area contributed by atoms with Crippen molar-refractivity contribution in [3.8, 4) is 17.0 Å². The second-order valence-electron chi connectivity index (χ2n) is 4.29. The Kier molecular flexibility index (Phi) is 3.67. The minimum absolute atomic E-state index is 0.617. The van der Waals surface area contributed by atoms with E-state index in [1.54, 1.807) is 7.11 Å². The van der Waals surface area contributed by atoms with Gasteiger partial charge in [-0.15, -0.1) is 0 Å². The van der Waals surface area contributed by atoms with E-state index < -0.39 is 0 Å². The smallest absolute Gasteiger partial charge is 0.118 e. The van der Waals surface area contributed by atoms with Gasteiger partial charge in [-0.3, -0.25) is 0 Å². The van der Waals surface area contributed by atoms with Crippen molar-refractivity contribution in [2.45, 2.75) is 13.3 Å². The molecule has 0 spiro atoms. The summed E-state index contributed by atoms with van der Waals surface area (Å²) < 4.78 is 7.26. The molecule has 0 amide bonds. The van der Waals surface area contributed by atoms with Gasteiger partial charge in [0.2, 0.25) is 0 Å². The maximum atomic E-state index is 5.60. The highest BCUT2D eigenvalue weighted by atomic mass is 16.5. The molecule has 1 heterocycles. The van der Waals surface area contributed by atoms with Gasteiger partial charge in [-0.25, -0.2) is 4.98 Å². The zero-order chi connectivity index (χ0) is 13.1. The highest BCUT2D eigenvalue weighted by molar-refractivity contribution is 5.63. The molecule has 2 aromatic rings. The fraction of sp³-hybridized carbons (Fsp3) is 0.357. The topological polar surface area (TPSA) is 53.1 Å². The SMILES string of the molecule is COc1ccc(-c2nc(CCN)n(C)c2C)cc1. The Morgan fingerprint density at radius 3 is 2.50 bits per heavy atom. The molecule has 2 N–H and O–H groups in total. The Bertz CT molecular complexity index is 529. The van der Waals surface area contributed by atoms with Crippen LogP contribution in [0.2, 0.25) is 0 Å². The van der Waals surface area contributed by atoms with Crippen LogP contribution in [-0.4, -0.2) is 23.2 Å². The summed E-state index contributed by atoms with van der Waals surface area (Å²) >= 11 is 0. The summed E-state index contributed by atoms with van der Waals surface area (Å²) in [5.41, 5.74) is 8.87. The van der Waals surface area contributed by atoms with Crippen molar-refractivity contribution < 1.29 is 4.74 Å². The lowest BCUT2D eigenvalue weighted by Gasteiger charge is -2.03. The number of nitrogens with zero attached hydrogens (tertiary/aromatic N) is 2. The molecule has 0 fully saturated rings. The lowest BCUT2D eigenvalue weighted by molar-refractivity contribution is 0.415. The highest BCUT2D eigenvalue weighted by Crippen LogP contribution is 2.25. The molecule has 0 radical (unpaired) electrons. The Morgan fingerprint density at radius 2 is 1.94 bits per heavy atom. The molecule has 4 nitrogen and oxygen atoms in total. The summed E-state index contributed by atoms with van der Waals surface area (Å²) in [5.74, 6) is 1.88. The molecule has 18 heavy (non-hydrogen) atoms. The number of methoxy groups -OCH3 is 1. The molecule has 2 rings (SSSR count). The van der Waals surface area contributed by atoms with E-state index in [0.717, 1.165) is 34.9 Å². The van der Waals surface area contributed by atoms with Crippen LogP contribution in [0.5, 0.6) is 5.75 Å². The van der Waals surface area contributed by atoms with E-state index in [9.17, 15) is 0 Å². The van der Waals surface area contributed by atoms with Gasteiger partial charge in [-0.1, -0.05) is 0 Å². The van der Waals surface area contributed by atoms with Crippen LogP contribution in [0, 0.1) is 6.92 Å². The van der Waals surface area contributed by atoms with Crippen molar-refractivity contribution in [2.75, 3.05) is 13.7 Å². The molecule has 0 saturated carbocycles. The van der Waals surface area contributed by atoms with Crippen molar-refractivity contribution in [3.63, 3.8) is 0 Å². The third-order valence-electron chi connectivity index (χ3n) is 3.21. The molecule has 0 atom stereocenters. The average molecular weight is 245 g/mol. The average Bonchev–Trinajstić information content (AvgIpc) is 2.68. The van der Waals surface area contributed by atoms with Crippen molar-refractivity contribution in [3.05, 3.63) is 35.8 Å². The number of hydrogen-bond acceptors (Lipinski definition) is 3. The van der Waals surface area contributed by atoms with E-state index in [1.807, 2.05) is 31.3 Å². The first kappa shape index (κ1) is 12.6. The first-order valence-electron chi connectivity index (χ1n) is 6.04. The summed E-state index contributed by atoms with van der Waals surface area (Å²) in [6.45, 7) is 2.69. The minimum Gasteiger partial charge on any atom is -0.497 e. The number of aromatic nitrogens is 2. The van der Waals surface area contributed by atoms with Gasteiger partial charge in [0.05, 0.1) is 12.8 Å². The highest BCUT2D eigenvalue weighted by Gasteiger charge is 2.12. The van der Waals surface area contributed by atoms with Crippen LogP contribution in [0.15, 0.2) is 24.3 Å².